The van der Waals surface area contributed by atoms with Crippen LogP contribution in [0.15, 0.2) is 0 Å². The molecule has 0 radical (unpaired) electrons. The molecule has 0 saturated carbocycles. The fourth-order valence-electron chi connectivity index (χ4n) is 2.27. The van der Waals surface area contributed by atoms with Gasteiger partial charge >= 0.3 is 5.97 Å². The second-order valence-electron chi connectivity index (χ2n) is 6.45. The topological polar surface area (TPSA) is 240 Å². The molecule has 0 aliphatic heterocycles. The number of hydrogen-bond acceptors (Lipinski definition) is 9. The van der Waals surface area contributed by atoms with Gasteiger partial charge in [-0.05, 0) is 25.8 Å². The molecule has 13 nitrogen and oxygen atoms in total. The molecule has 30 heavy (non-hydrogen) atoms. The van der Waals surface area contributed by atoms with Crippen LogP contribution in [-0.4, -0.2) is 82.9 Å². The summed E-state index contributed by atoms with van der Waals surface area (Å²) in [5.74, 6) is -4.88. The molecule has 0 aromatic heterocycles. The molecule has 0 bridgehead atoms. The van der Waals surface area contributed by atoms with Crippen molar-refractivity contribution in [3.63, 3.8) is 0 Å². The van der Waals surface area contributed by atoms with E-state index in [4.69, 9.17) is 22.3 Å². The number of hydrogen-bond donors (Lipinski definition) is 9. The monoisotopic (exact) mass is 450 g/mol. The van der Waals surface area contributed by atoms with Crippen molar-refractivity contribution >= 4 is 42.2 Å². The molecule has 0 aliphatic carbocycles. The lowest BCUT2D eigenvalue weighted by molar-refractivity contribution is -0.142. The van der Waals surface area contributed by atoms with Crippen LogP contribution >= 0.6 is 12.6 Å². The summed E-state index contributed by atoms with van der Waals surface area (Å²) in [6.45, 7) is -0.466. The molecule has 4 unspecified atom stereocenters. The van der Waals surface area contributed by atoms with Crippen molar-refractivity contribution in [1.29, 1.82) is 0 Å². The largest absolute Gasteiger partial charge is 0.480 e. The number of carbonyl (C=O) groups excluding carboxylic acids is 4. The van der Waals surface area contributed by atoms with Crippen LogP contribution in [0.5, 0.6) is 0 Å². The number of aliphatic carboxylic acids is 1. The van der Waals surface area contributed by atoms with Gasteiger partial charge in [0.15, 0.2) is 0 Å². The van der Waals surface area contributed by atoms with Gasteiger partial charge in [-0.1, -0.05) is 0 Å². The van der Waals surface area contributed by atoms with E-state index < -0.39 is 66.8 Å². The number of aliphatic hydroxyl groups excluding tert-OH is 1. The highest BCUT2D eigenvalue weighted by Gasteiger charge is 2.29. The zero-order valence-electron chi connectivity index (χ0n) is 16.4. The quantitative estimate of drug-likeness (QED) is 0.0866. The molecule has 0 fully saturated rings. The standard InChI is InChI=1S/C16H30N6O7S/c17-4-2-1-3-9(20-13(25)8(18)5-12(19)24)14(26)21-10(6-23)15(27)22-11(7-30)16(28)29/h8-11,23,30H,1-7,17-18H2,(H2,19,24)(H,20,25)(H,21,26)(H,22,27)(H,28,29). The molecule has 0 aromatic rings. The van der Waals surface area contributed by atoms with Gasteiger partial charge in [0.05, 0.1) is 19.1 Å². The number of nitrogens with one attached hydrogen (secondary N) is 3. The van der Waals surface area contributed by atoms with Gasteiger partial charge in [0.2, 0.25) is 23.6 Å². The van der Waals surface area contributed by atoms with Gasteiger partial charge in [0, 0.05) is 5.75 Å². The molecule has 0 saturated heterocycles. The van der Waals surface area contributed by atoms with Crippen molar-refractivity contribution in [1.82, 2.24) is 16.0 Å². The van der Waals surface area contributed by atoms with Gasteiger partial charge in [-0.2, -0.15) is 12.6 Å². The zero-order valence-corrected chi connectivity index (χ0v) is 17.3. The van der Waals surface area contributed by atoms with Gasteiger partial charge < -0.3 is 43.4 Å². The van der Waals surface area contributed by atoms with Crippen molar-refractivity contribution in [3.8, 4) is 0 Å². The molecular weight excluding hydrogens is 420 g/mol. The predicted octanol–water partition coefficient (Wildman–Crippen LogP) is -4.22. The fourth-order valence-corrected chi connectivity index (χ4v) is 2.52. The first kappa shape index (κ1) is 27.6. The molecule has 172 valence electrons. The third-order valence-corrected chi connectivity index (χ3v) is 4.32. The van der Waals surface area contributed by atoms with Crippen LogP contribution in [0.25, 0.3) is 0 Å². The Bertz CT molecular complexity index is 621. The smallest absolute Gasteiger partial charge is 0.327 e. The molecular formula is C16H30N6O7S. The highest BCUT2D eigenvalue weighted by atomic mass is 32.1. The number of aliphatic hydroxyl groups is 1. The number of carboxylic acids is 1. The maximum Gasteiger partial charge on any atom is 0.327 e. The van der Waals surface area contributed by atoms with Gasteiger partial charge in [0.1, 0.15) is 18.1 Å². The fraction of sp³-hybridized carbons (Fsp3) is 0.688. The summed E-state index contributed by atoms with van der Waals surface area (Å²) >= 11 is 3.81. The van der Waals surface area contributed by atoms with Crippen LogP contribution in [0.2, 0.25) is 0 Å². The Hall–Kier alpha value is -2.42. The number of amides is 4. The molecule has 14 heteroatoms. The van der Waals surface area contributed by atoms with Gasteiger partial charge in [-0.15, -0.1) is 0 Å². The first-order chi connectivity index (χ1) is 14.1. The van der Waals surface area contributed by atoms with E-state index in [0.717, 1.165) is 0 Å². The lowest BCUT2D eigenvalue weighted by atomic mass is 10.1. The number of nitrogens with two attached hydrogens (primary N) is 3. The Kier molecular flexibility index (Phi) is 13.4. The number of unbranched alkanes of at least 4 members (excludes halogenated alkanes) is 1. The summed E-state index contributed by atoms with van der Waals surface area (Å²) in [6, 6.07) is -5.19. The zero-order chi connectivity index (χ0) is 23.3. The number of carbonyl (C=O) groups is 5. The van der Waals surface area contributed by atoms with Crippen molar-refractivity contribution in [2.75, 3.05) is 18.9 Å². The van der Waals surface area contributed by atoms with Crippen molar-refractivity contribution in [2.45, 2.75) is 49.9 Å². The van der Waals surface area contributed by atoms with Crippen molar-refractivity contribution in [3.05, 3.63) is 0 Å². The van der Waals surface area contributed by atoms with Gasteiger partial charge in [0.25, 0.3) is 0 Å². The second kappa shape index (κ2) is 14.5. The molecule has 0 spiro atoms. The minimum absolute atomic E-state index is 0.145. The summed E-state index contributed by atoms with van der Waals surface area (Å²) < 4.78 is 0. The average molecular weight is 451 g/mol. The van der Waals surface area contributed by atoms with E-state index in [9.17, 15) is 29.1 Å². The summed E-state index contributed by atoms with van der Waals surface area (Å²) in [5.41, 5.74) is 16.0. The Balaban J connectivity index is 5.17. The molecule has 0 rings (SSSR count). The molecule has 4 amide bonds. The molecule has 4 atom stereocenters. The maximum absolute atomic E-state index is 12.6. The first-order valence-electron chi connectivity index (χ1n) is 9.16. The Morgan fingerprint density at radius 1 is 0.900 bits per heavy atom. The number of rotatable bonds is 15. The maximum atomic E-state index is 12.6. The van der Waals surface area contributed by atoms with E-state index in [0.29, 0.717) is 19.4 Å². The number of primary amides is 1. The minimum Gasteiger partial charge on any atom is -0.480 e. The van der Waals surface area contributed by atoms with Crippen LogP contribution < -0.4 is 33.2 Å². The van der Waals surface area contributed by atoms with Gasteiger partial charge in [-0.25, -0.2) is 4.79 Å². The van der Waals surface area contributed by atoms with Crippen LogP contribution in [0.4, 0.5) is 0 Å². The number of carboxylic acid groups (broad SMARTS) is 1. The SMILES string of the molecule is NCCCCC(NC(=O)C(N)CC(N)=O)C(=O)NC(CO)C(=O)NC(CS)C(=O)O. The average Bonchev–Trinajstić information content (AvgIpc) is 2.68. The Morgan fingerprint density at radius 3 is 1.90 bits per heavy atom. The summed E-state index contributed by atoms with van der Waals surface area (Å²) in [4.78, 5) is 58.8. The number of thiol groups is 1. The minimum atomic E-state index is -1.47. The Morgan fingerprint density at radius 2 is 1.43 bits per heavy atom. The van der Waals surface area contributed by atoms with E-state index >= 15 is 0 Å². The molecule has 11 N–H and O–H groups in total. The van der Waals surface area contributed by atoms with Crippen molar-refractivity contribution in [2.24, 2.45) is 17.2 Å². The van der Waals surface area contributed by atoms with Crippen LogP contribution in [0.3, 0.4) is 0 Å². The van der Waals surface area contributed by atoms with Gasteiger partial charge in [-0.3, -0.25) is 19.2 Å². The highest BCUT2D eigenvalue weighted by Crippen LogP contribution is 2.03. The van der Waals surface area contributed by atoms with Crippen LogP contribution in [0.1, 0.15) is 25.7 Å². The second-order valence-corrected chi connectivity index (χ2v) is 6.81. The van der Waals surface area contributed by atoms with E-state index in [2.05, 4.69) is 28.6 Å². The molecule has 0 aromatic carbocycles. The van der Waals surface area contributed by atoms with E-state index in [1.807, 2.05) is 0 Å². The lowest BCUT2D eigenvalue weighted by Gasteiger charge is -2.24. The Labute approximate surface area is 178 Å². The molecule has 0 aliphatic rings. The van der Waals surface area contributed by atoms with Crippen LogP contribution in [0, 0.1) is 0 Å². The first-order valence-corrected chi connectivity index (χ1v) is 9.80. The van der Waals surface area contributed by atoms with E-state index in [1.165, 1.54) is 0 Å². The highest BCUT2D eigenvalue weighted by molar-refractivity contribution is 7.80. The third kappa shape index (κ3) is 10.4. The lowest BCUT2D eigenvalue weighted by Crippen LogP contribution is -2.58. The summed E-state index contributed by atoms with van der Waals surface area (Å²) in [5, 5.41) is 25.1. The normalized spacial score (nSPS) is 14.7. The molecule has 0 heterocycles. The van der Waals surface area contributed by atoms with Crippen molar-refractivity contribution < 1.29 is 34.2 Å². The summed E-state index contributed by atoms with van der Waals surface area (Å²) in [6.07, 6.45) is 0.729. The van der Waals surface area contributed by atoms with Crippen LogP contribution in [-0.2, 0) is 24.0 Å². The predicted molar refractivity (Wildman–Crippen MR) is 109 cm³/mol. The van der Waals surface area contributed by atoms with E-state index in [1.54, 1.807) is 0 Å². The summed E-state index contributed by atoms with van der Waals surface area (Å²) in [7, 11) is 0. The van der Waals surface area contributed by atoms with E-state index in [-0.39, 0.29) is 12.2 Å². The third-order valence-electron chi connectivity index (χ3n) is 3.95.